The zero-order valence-electron chi connectivity index (χ0n) is 13.5. The molecule has 4 aromatic rings. The van der Waals surface area contributed by atoms with Crippen LogP contribution in [0.15, 0.2) is 35.4 Å². The van der Waals surface area contributed by atoms with Gasteiger partial charge in [-0.3, -0.25) is 4.79 Å². The number of rotatable bonds is 2. The highest BCUT2D eigenvalue weighted by atomic mass is 35.5. The minimum absolute atomic E-state index is 0.202. The van der Waals surface area contributed by atoms with Crippen molar-refractivity contribution in [2.45, 2.75) is 13.8 Å². The third-order valence-corrected chi connectivity index (χ3v) is 3.93. The van der Waals surface area contributed by atoms with Crippen LogP contribution in [-0.4, -0.2) is 29.9 Å². The molecule has 4 rings (SSSR count). The quantitative estimate of drug-likeness (QED) is 0.540. The van der Waals surface area contributed by atoms with Crippen LogP contribution < -0.4 is 5.43 Å². The van der Waals surface area contributed by atoms with E-state index in [0.29, 0.717) is 27.9 Å². The van der Waals surface area contributed by atoms with Crippen molar-refractivity contribution < 1.29 is 0 Å². The lowest BCUT2D eigenvalue weighted by Gasteiger charge is -2.09. The van der Waals surface area contributed by atoms with Crippen molar-refractivity contribution in [1.82, 2.24) is 29.9 Å². The molecule has 0 fully saturated rings. The summed E-state index contributed by atoms with van der Waals surface area (Å²) < 4.78 is 0. The predicted octanol–water partition coefficient (Wildman–Crippen LogP) is 3.04. The van der Waals surface area contributed by atoms with Crippen LogP contribution in [0.5, 0.6) is 0 Å². The first kappa shape index (κ1) is 15.5. The Morgan fingerprint density at radius 1 is 1.08 bits per heavy atom. The minimum Gasteiger partial charge on any atom is -0.345 e. The molecule has 0 spiro atoms. The smallest absolute Gasteiger partial charge is 0.209 e. The zero-order valence-corrected chi connectivity index (χ0v) is 14.2. The van der Waals surface area contributed by atoms with Gasteiger partial charge in [0.1, 0.15) is 16.7 Å². The summed E-state index contributed by atoms with van der Waals surface area (Å²) in [6.07, 6.45) is 3.24. The Morgan fingerprint density at radius 2 is 1.92 bits per heavy atom. The lowest BCUT2D eigenvalue weighted by atomic mass is 10.1. The van der Waals surface area contributed by atoms with Gasteiger partial charge in [0.05, 0.1) is 17.6 Å². The Bertz CT molecular complexity index is 1140. The molecule has 0 saturated carbocycles. The molecule has 0 bridgehead atoms. The normalized spacial score (nSPS) is 11.2. The second kappa shape index (κ2) is 5.78. The Morgan fingerprint density at radius 3 is 2.64 bits per heavy atom. The summed E-state index contributed by atoms with van der Waals surface area (Å²) in [5.74, 6) is 0.758. The van der Waals surface area contributed by atoms with Gasteiger partial charge in [-0.25, -0.2) is 19.9 Å². The first-order valence-corrected chi connectivity index (χ1v) is 7.95. The Kier molecular flexibility index (Phi) is 3.58. The Hall–Kier alpha value is -3.06. The third kappa shape index (κ3) is 2.78. The molecule has 0 saturated heterocycles. The molecule has 0 aliphatic heterocycles. The number of nitrogens with zero attached hydrogens (tertiary/aromatic N) is 4. The predicted molar refractivity (Wildman–Crippen MR) is 95.5 cm³/mol. The van der Waals surface area contributed by atoms with E-state index in [0.717, 1.165) is 17.1 Å². The first-order chi connectivity index (χ1) is 12.0. The molecule has 124 valence electrons. The molecular weight excluding hydrogens is 340 g/mol. The lowest BCUT2D eigenvalue weighted by Crippen LogP contribution is -2.07. The number of fused-ring (bicyclic) bond motifs is 1. The molecule has 0 aliphatic rings. The minimum atomic E-state index is -0.202. The van der Waals surface area contributed by atoms with Crippen LogP contribution in [0.4, 0.5) is 0 Å². The van der Waals surface area contributed by atoms with Crippen molar-refractivity contribution in [3.05, 3.63) is 57.5 Å². The highest BCUT2D eigenvalue weighted by Crippen LogP contribution is 2.30. The van der Waals surface area contributed by atoms with Gasteiger partial charge < -0.3 is 9.97 Å². The number of aryl methyl sites for hydroxylation is 2. The summed E-state index contributed by atoms with van der Waals surface area (Å²) in [4.78, 5) is 35.9. The molecule has 8 heteroatoms. The second-order valence-electron chi connectivity index (χ2n) is 5.66. The van der Waals surface area contributed by atoms with Crippen LogP contribution in [-0.2, 0) is 0 Å². The number of H-pyrrole nitrogens is 2. The van der Waals surface area contributed by atoms with E-state index in [-0.39, 0.29) is 10.9 Å². The molecule has 7 nitrogen and oxygen atoms in total. The fourth-order valence-corrected chi connectivity index (χ4v) is 2.93. The topological polar surface area (TPSA) is 100 Å². The monoisotopic (exact) mass is 352 g/mol. The summed E-state index contributed by atoms with van der Waals surface area (Å²) in [7, 11) is 0. The van der Waals surface area contributed by atoms with E-state index in [2.05, 4.69) is 29.9 Å². The summed E-state index contributed by atoms with van der Waals surface area (Å²) in [5.41, 5.74) is 3.79. The number of halogens is 1. The number of imidazole rings is 1. The zero-order chi connectivity index (χ0) is 17.6. The van der Waals surface area contributed by atoms with Crippen LogP contribution in [0.3, 0.4) is 0 Å². The van der Waals surface area contributed by atoms with E-state index >= 15 is 0 Å². The second-order valence-corrected chi connectivity index (χ2v) is 6.05. The fourth-order valence-electron chi connectivity index (χ4n) is 2.68. The molecule has 0 amide bonds. The fraction of sp³-hybridized carbons (Fsp3) is 0.118. The summed E-state index contributed by atoms with van der Waals surface area (Å²) in [6, 6.07) is 4.98. The van der Waals surface area contributed by atoms with E-state index in [9.17, 15) is 4.79 Å². The number of aromatic nitrogens is 6. The van der Waals surface area contributed by atoms with Gasteiger partial charge in [0.2, 0.25) is 5.43 Å². The SMILES string of the molecule is Cc1cc(-c2nc3c(=O)cc[nH]c3nc2-c2cnc(C)[nH]2)cc(Cl)n1. The van der Waals surface area contributed by atoms with Gasteiger partial charge in [-0.05, 0) is 26.0 Å². The van der Waals surface area contributed by atoms with Gasteiger partial charge in [0, 0.05) is 23.5 Å². The highest BCUT2D eigenvalue weighted by molar-refractivity contribution is 6.29. The summed E-state index contributed by atoms with van der Waals surface area (Å²) in [6.45, 7) is 3.70. The molecule has 2 N–H and O–H groups in total. The molecule has 0 atom stereocenters. The largest absolute Gasteiger partial charge is 0.345 e. The van der Waals surface area contributed by atoms with E-state index in [1.54, 1.807) is 18.5 Å². The first-order valence-electron chi connectivity index (χ1n) is 7.57. The van der Waals surface area contributed by atoms with E-state index in [1.165, 1.54) is 6.07 Å². The molecule has 0 radical (unpaired) electrons. The lowest BCUT2D eigenvalue weighted by molar-refractivity contribution is 1.14. The number of hydrogen-bond acceptors (Lipinski definition) is 5. The van der Waals surface area contributed by atoms with Crippen molar-refractivity contribution in [1.29, 1.82) is 0 Å². The van der Waals surface area contributed by atoms with Crippen molar-refractivity contribution >= 4 is 22.8 Å². The van der Waals surface area contributed by atoms with Crippen LogP contribution in [0.2, 0.25) is 5.15 Å². The van der Waals surface area contributed by atoms with Crippen LogP contribution in [0.1, 0.15) is 11.5 Å². The number of hydrogen-bond donors (Lipinski definition) is 2. The van der Waals surface area contributed by atoms with Gasteiger partial charge in [0.25, 0.3) is 0 Å². The van der Waals surface area contributed by atoms with Gasteiger partial charge in [-0.15, -0.1) is 0 Å². The molecule has 4 aromatic heterocycles. The highest BCUT2D eigenvalue weighted by Gasteiger charge is 2.17. The molecule has 4 heterocycles. The summed E-state index contributed by atoms with van der Waals surface area (Å²) >= 11 is 6.10. The average molecular weight is 353 g/mol. The van der Waals surface area contributed by atoms with Crippen LogP contribution in [0.25, 0.3) is 33.8 Å². The van der Waals surface area contributed by atoms with Gasteiger partial charge >= 0.3 is 0 Å². The van der Waals surface area contributed by atoms with Crippen LogP contribution in [0, 0.1) is 13.8 Å². The van der Waals surface area contributed by atoms with Crippen molar-refractivity contribution in [3.63, 3.8) is 0 Å². The molecule has 0 aromatic carbocycles. The standard InChI is InChI=1S/C17H13ClN6O/c1-8-5-10(6-13(18)21-8)14-15(11-7-20-9(2)22-11)24-17-16(23-14)12(25)3-4-19-17/h3-7H,1-2H3,(H,20,22)(H,19,24,25). The van der Waals surface area contributed by atoms with E-state index in [4.69, 9.17) is 11.6 Å². The maximum Gasteiger partial charge on any atom is 0.209 e. The number of aromatic amines is 2. The Labute approximate surface area is 147 Å². The maximum absolute atomic E-state index is 12.2. The van der Waals surface area contributed by atoms with Crippen molar-refractivity contribution in [2.75, 3.05) is 0 Å². The summed E-state index contributed by atoms with van der Waals surface area (Å²) in [5, 5.41) is 0.352. The molecule has 25 heavy (non-hydrogen) atoms. The van der Waals surface area contributed by atoms with Gasteiger partial charge in [-0.1, -0.05) is 11.6 Å². The molecule has 0 aliphatic carbocycles. The number of nitrogens with one attached hydrogen (secondary N) is 2. The number of pyridine rings is 2. The van der Waals surface area contributed by atoms with Crippen molar-refractivity contribution in [2.24, 2.45) is 0 Å². The molecular formula is C17H13ClN6O. The molecule has 0 unspecified atom stereocenters. The third-order valence-electron chi connectivity index (χ3n) is 3.74. The van der Waals surface area contributed by atoms with Crippen LogP contribution >= 0.6 is 11.6 Å². The van der Waals surface area contributed by atoms with E-state index < -0.39 is 0 Å². The van der Waals surface area contributed by atoms with Crippen molar-refractivity contribution in [3.8, 4) is 22.6 Å². The average Bonchev–Trinajstić information content (AvgIpc) is 2.99. The van der Waals surface area contributed by atoms with E-state index in [1.807, 2.05) is 19.9 Å². The van der Waals surface area contributed by atoms with Gasteiger partial charge in [-0.2, -0.15) is 0 Å². The Balaban J connectivity index is 2.09. The van der Waals surface area contributed by atoms with Gasteiger partial charge in [0.15, 0.2) is 11.2 Å². The maximum atomic E-state index is 12.2.